The molecule has 0 bridgehead atoms. The quantitative estimate of drug-likeness (QED) is 0.821. The molecule has 4 nitrogen and oxygen atoms in total. The number of thioether (sulfide) groups is 1. The summed E-state index contributed by atoms with van der Waals surface area (Å²) in [6.45, 7) is 0. The van der Waals surface area contributed by atoms with Crippen LogP contribution in [0.3, 0.4) is 0 Å². The van der Waals surface area contributed by atoms with E-state index in [-0.39, 0.29) is 5.69 Å². The number of aromatic carboxylic acids is 1. The summed E-state index contributed by atoms with van der Waals surface area (Å²) < 4.78 is 0. The van der Waals surface area contributed by atoms with Crippen molar-refractivity contribution in [1.29, 1.82) is 0 Å². The molecular formula is C14H14N2O2S. The van der Waals surface area contributed by atoms with Gasteiger partial charge in [0.2, 0.25) is 0 Å². The molecule has 98 valence electrons. The number of nitrogens with one attached hydrogen (secondary N) is 1. The molecule has 1 aromatic heterocycles. The Morgan fingerprint density at radius 1 is 1.37 bits per heavy atom. The van der Waals surface area contributed by atoms with Crippen molar-refractivity contribution in [3.8, 4) is 11.3 Å². The molecular weight excluding hydrogens is 260 g/mol. The maximum Gasteiger partial charge on any atom is 0.353 e. The molecule has 0 spiro atoms. The number of hydrogen-bond donors (Lipinski definition) is 2. The Hall–Kier alpha value is -1.75. The number of carbonyl (C=O) groups is 1. The zero-order valence-electron chi connectivity index (χ0n) is 10.3. The number of nitrogens with zero attached hydrogens (tertiary/aromatic N) is 1. The Morgan fingerprint density at radius 2 is 2.11 bits per heavy atom. The highest BCUT2D eigenvalue weighted by molar-refractivity contribution is 7.99. The lowest BCUT2D eigenvalue weighted by Gasteiger charge is -2.01. The molecule has 0 saturated heterocycles. The molecule has 0 aliphatic heterocycles. The third-order valence-electron chi connectivity index (χ3n) is 3.14. The Labute approximate surface area is 115 Å². The number of aromatic amines is 1. The summed E-state index contributed by atoms with van der Waals surface area (Å²) in [5, 5.41) is 15.4. The fraction of sp³-hybridized carbons (Fsp3) is 0.286. The molecule has 3 rings (SSSR count). The van der Waals surface area contributed by atoms with Gasteiger partial charge in [0.1, 0.15) is 5.69 Å². The van der Waals surface area contributed by atoms with Crippen LogP contribution < -0.4 is 0 Å². The van der Waals surface area contributed by atoms with E-state index in [1.54, 1.807) is 6.07 Å². The molecule has 1 aliphatic rings. The van der Waals surface area contributed by atoms with Gasteiger partial charge < -0.3 is 5.11 Å². The molecule has 0 atom stereocenters. The molecule has 1 aromatic carbocycles. The van der Waals surface area contributed by atoms with E-state index in [1.807, 2.05) is 23.9 Å². The lowest BCUT2D eigenvalue weighted by molar-refractivity contribution is 0.0690. The van der Waals surface area contributed by atoms with Gasteiger partial charge >= 0.3 is 5.97 Å². The topological polar surface area (TPSA) is 66.0 Å². The van der Waals surface area contributed by atoms with E-state index in [0.717, 1.165) is 11.5 Å². The largest absolute Gasteiger partial charge is 0.477 e. The lowest BCUT2D eigenvalue weighted by Crippen LogP contribution is -1.95. The normalized spacial score (nSPS) is 14.5. The Bertz CT molecular complexity index is 588. The highest BCUT2D eigenvalue weighted by atomic mass is 32.2. The second kappa shape index (κ2) is 5.09. The molecule has 19 heavy (non-hydrogen) atoms. The molecule has 0 amide bonds. The van der Waals surface area contributed by atoms with Crippen LogP contribution in [0.1, 0.15) is 23.3 Å². The van der Waals surface area contributed by atoms with Crippen molar-refractivity contribution in [3.05, 3.63) is 36.0 Å². The second-order valence-corrected chi connectivity index (χ2v) is 5.84. The van der Waals surface area contributed by atoms with E-state index in [4.69, 9.17) is 5.11 Å². The summed E-state index contributed by atoms with van der Waals surface area (Å²) in [4.78, 5) is 12.0. The van der Waals surface area contributed by atoms with Crippen LogP contribution >= 0.6 is 11.8 Å². The first-order valence-electron chi connectivity index (χ1n) is 6.24. The molecule has 2 N–H and O–H groups in total. The SMILES string of the molecule is O=C(O)c1cc(-c2ccc(SCC3CC3)cc2)n[nH]1. The highest BCUT2D eigenvalue weighted by Gasteiger charge is 2.20. The van der Waals surface area contributed by atoms with E-state index in [2.05, 4.69) is 22.3 Å². The minimum Gasteiger partial charge on any atom is -0.477 e. The Morgan fingerprint density at radius 3 is 2.68 bits per heavy atom. The van der Waals surface area contributed by atoms with Crippen LogP contribution in [0.25, 0.3) is 11.3 Å². The zero-order chi connectivity index (χ0) is 13.2. The zero-order valence-corrected chi connectivity index (χ0v) is 11.1. The maximum atomic E-state index is 10.8. The number of carboxylic acid groups (broad SMARTS) is 1. The fourth-order valence-corrected chi connectivity index (χ4v) is 2.89. The van der Waals surface area contributed by atoms with Crippen LogP contribution in [-0.2, 0) is 0 Å². The van der Waals surface area contributed by atoms with Gasteiger partial charge in [0.25, 0.3) is 0 Å². The van der Waals surface area contributed by atoms with Gasteiger partial charge in [-0.2, -0.15) is 5.10 Å². The molecule has 5 heteroatoms. The van der Waals surface area contributed by atoms with E-state index in [0.29, 0.717) is 5.69 Å². The van der Waals surface area contributed by atoms with Crippen molar-refractivity contribution in [2.75, 3.05) is 5.75 Å². The first kappa shape index (κ1) is 12.3. The van der Waals surface area contributed by atoms with Crippen LogP contribution in [0.5, 0.6) is 0 Å². The first-order chi connectivity index (χ1) is 9.22. The molecule has 1 heterocycles. The Balaban J connectivity index is 1.71. The predicted molar refractivity (Wildman–Crippen MR) is 74.4 cm³/mol. The van der Waals surface area contributed by atoms with Gasteiger partial charge in [0.05, 0.1) is 5.69 Å². The van der Waals surface area contributed by atoms with Crippen molar-refractivity contribution in [2.45, 2.75) is 17.7 Å². The third-order valence-corrected chi connectivity index (χ3v) is 4.38. The molecule has 1 saturated carbocycles. The Kier molecular flexibility index (Phi) is 3.29. The van der Waals surface area contributed by atoms with Crippen LogP contribution in [-0.4, -0.2) is 27.0 Å². The molecule has 0 radical (unpaired) electrons. The summed E-state index contributed by atoms with van der Waals surface area (Å²) in [6, 6.07) is 9.65. The van der Waals surface area contributed by atoms with Gasteiger partial charge in [-0.15, -0.1) is 11.8 Å². The summed E-state index contributed by atoms with van der Waals surface area (Å²) in [5.74, 6) is 1.12. The lowest BCUT2D eigenvalue weighted by atomic mass is 10.1. The number of benzene rings is 1. The van der Waals surface area contributed by atoms with Crippen molar-refractivity contribution in [2.24, 2.45) is 5.92 Å². The maximum absolute atomic E-state index is 10.8. The van der Waals surface area contributed by atoms with Crippen LogP contribution in [0.2, 0.25) is 0 Å². The van der Waals surface area contributed by atoms with Gasteiger partial charge in [-0.1, -0.05) is 12.1 Å². The van der Waals surface area contributed by atoms with Gasteiger partial charge in [0.15, 0.2) is 0 Å². The van der Waals surface area contributed by atoms with Gasteiger partial charge in [-0.25, -0.2) is 4.79 Å². The van der Waals surface area contributed by atoms with Crippen molar-refractivity contribution in [1.82, 2.24) is 10.2 Å². The van der Waals surface area contributed by atoms with Crippen LogP contribution in [0.4, 0.5) is 0 Å². The van der Waals surface area contributed by atoms with E-state index in [1.165, 1.54) is 23.5 Å². The smallest absolute Gasteiger partial charge is 0.353 e. The molecule has 0 unspecified atom stereocenters. The summed E-state index contributed by atoms with van der Waals surface area (Å²) in [6.07, 6.45) is 2.74. The second-order valence-electron chi connectivity index (χ2n) is 4.75. The highest BCUT2D eigenvalue weighted by Crippen LogP contribution is 2.35. The van der Waals surface area contributed by atoms with Gasteiger partial charge in [0, 0.05) is 16.2 Å². The van der Waals surface area contributed by atoms with E-state index >= 15 is 0 Å². The van der Waals surface area contributed by atoms with Crippen LogP contribution in [0, 0.1) is 5.92 Å². The van der Waals surface area contributed by atoms with Gasteiger partial charge in [-0.3, -0.25) is 5.10 Å². The molecule has 2 aromatic rings. The number of rotatable bonds is 5. The fourth-order valence-electron chi connectivity index (χ4n) is 1.80. The standard InChI is InChI=1S/C14H14N2O2S/c17-14(18)13-7-12(15-16-13)10-3-5-11(6-4-10)19-8-9-1-2-9/h3-7,9H,1-2,8H2,(H,15,16)(H,17,18). The molecule has 1 fully saturated rings. The first-order valence-corrected chi connectivity index (χ1v) is 7.23. The van der Waals surface area contributed by atoms with Crippen molar-refractivity contribution in [3.63, 3.8) is 0 Å². The minimum atomic E-state index is -0.990. The summed E-state index contributed by atoms with van der Waals surface area (Å²) in [7, 11) is 0. The predicted octanol–water partition coefficient (Wildman–Crippen LogP) is 3.28. The third kappa shape index (κ3) is 2.98. The van der Waals surface area contributed by atoms with Crippen molar-refractivity contribution < 1.29 is 9.90 Å². The number of hydrogen-bond acceptors (Lipinski definition) is 3. The summed E-state index contributed by atoms with van der Waals surface area (Å²) >= 11 is 1.88. The average molecular weight is 274 g/mol. The van der Waals surface area contributed by atoms with Crippen LogP contribution in [0.15, 0.2) is 35.2 Å². The number of carboxylic acids is 1. The summed E-state index contributed by atoms with van der Waals surface area (Å²) in [5.41, 5.74) is 1.71. The molecule has 1 aliphatic carbocycles. The average Bonchev–Trinajstić information content (AvgIpc) is 3.11. The number of aromatic nitrogens is 2. The van der Waals surface area contributed by atoms with E-state index < -0.39 is 5.97 Å². The van der Waals surface area contributed by atoms with Crippen molar-refractivity contribution >= 4 is 17.7 Å². The van der Waals surface area contributed by atoms with E-state index in [9.17, 15) is 4.79 Å². The van der Waals surface area contributed by atoms with Gasteiger partial charge in [-0.05, 0) is 37.0 Å². The minimum absolute atomic E-state index is 0.113. The monoisotopic (exact) mass is 274 g/mol. The number of H-pyrrole nitrogens is 1.